The monoisotopic (exact) mass is 460 g/mol. The van der Waals surface area contributed by atoms with E-state index in [1.165, 1.54) is 0 Å². The minimum atomic E-state index is -0.0702. The zero-order chi connectivity index (χ0) is 20.7. The van der Waals surface area contributed by atoms with Gasteiger partial charge in [-0.05, 0) is 34.1 Å². The summed E-state index contributed by atoms with van der Waals surface area (Å²) < 4.78 is 2.69. The van der Waals surface area contributed by atoms with Gasteiger partial charge in [0, 0.05) is 41.8 Å². The van der Waals surface area contributed by atoms with E-state index in [1.807, 2.05) is 61.8 Å². The molecule has 2 aromatic heterocycles. The number of carbonyl (C=O) groups excluding carboxylic acids is 1. The van der Waals surface area contributed by atoms with E-state index in [0.717, 1.165) is 43.9 Å². The van der Waals surface area contributed by atoms with Crippen LogP contribution in [0.2, 0.25) is 0 Å². The van der Waals surface area contributed by atoms with Gasteiger partial charge in [-0.3, -0.25) is 9.48 Å². The van der Waals surface area contributed by atoms with Crippen molar-refractivity contribution in [3.8, 4) is 22.5 Å². The summed E-state index contributed by atoms with van der Waals surface area (Å²) in [4.78, 5) is 21.3. The summed E-state index contributed by atoms with van der Waals surface area (Å²) in [5.41, 5.74) is 5.88. The minimum Gasteiger partial charge on any atom is -0.325 e. The third-order valence-electron chi connectivity index (χ3n) is 4.85. The first-order valence-corrected chi connectivity index (χ1v) is 10.2. The Bertz CT molecular complexity index is 1280. The van der Waals surface area contributed by atoms with E-state index in [9.17, 15) is 4.79 Å². The number of halogens is 1. The lowest BCUT2D eigenvalue weighted by Gasteiger charge is -2.11. The Morgan fingerprint density at radius 1 is 1.13 bits per heavy atom. The first kappa shape index (κ1) is 18.5. The average molecular weight is 461 g/mol. The van der Waals surface area contributed by atoms with Gasteiger partial charge in [0.2, 0.25) is 11.9 Å². The van der Waals surface area contributed by atoms with Crippen LogP contribution in [0.15, 0.2) is 65.4 Å². The average Bonchev–Trinajstić information content (AvgIpc) is 3.00. The van der Waals surface area contributed by atoms with E-state index >= 15 is 0 Å². The molecule has 0 unspecified atom stereocenters. The van der Waals surface area contributed by atoms with Crippen LogP contribution in [0, 0.1) is 0 Å². The number of rotatable bonds is 3. The van der Waals surface area contributed by atoms with Gasteiger partial charge in [0.15, 0.2) is 0 Å². The lowest BCUT2D eigenvalue weighted by Crippen LogP contribution is -2.12. The SMILES string of the molecule is Cn1cc(Br)c(-c2cccc(Nc3ncc4c(n3)-c3ccccc3NC(=O)C4)c2)n1. The molecule has 0 aliphatic carbocycles. The summed E-state index contributed by atoms with van der Waals surface area (Å²) >= 11 is 3.55. The molecule has 0 saturated carbocycles. The van der Waals surface area contributed by atoms with Crippen molar-refractivity contribution in [3.05, 3.63) is 71.0 Å². The number of aryl methyl sites for hydroxylation is 1. The van der Waals surface area contributed by atoms with Crippen molar-refractivity contribution in [1.82, 2.24) is 19.7 Å². The smallest absolute Gasteiger partial charge is 0.228 e. The number of aromatic nitrogens is 4. The molecule has 0 saturated heterocycles. The quantitative estimate of drug-likeness (QED) is 0.468. The summed E-state index contributed by atoms with van der Waals surface area (Å²) in [6.45, 7) is 0. The molecular formula is C22H17BrN6O. The van der Waals surface area contributed by atoms with Crippen LogP contribution in [0.5, 0.6) is 0 Å². The molecule has 5 rings (SSSR count). The number of para-hydroxylation sites is 1. The normalized spacial score (nSPS) is 12.5. The second kappa shape index (κ2) is 7.38. The second-order valence-corrected chi connectivity index (χ2v) is 7.90. The first-order valence-electron chi connectivity index (χ1n) is 9.38. The van der Waals surface area contributed by atoms with Crippen molar-refractivity contribution >= 4 is 39.2 Å². The molecule has 8 heteroatoms. The lowest BCUT2D eigenvalue weighted by atomic mass is 10.1. The number of anilines is 3. The predicted octanol–water partition coefficient (Wildman–Crippen LogP) is 4.54. The van der Waals surface area contributed by atoms with Gasteiger partial charge in [-0.25, -0.2) is 9.97 Å². The van der Waals surface area contributed by atoms with E-state index in [-0.39, 0.29) is 12.3 Å². The number of hydrogen-bond acceptors (Lipinski definition) is 5. The fourth-order valence-corrected chi connectivity index (χ4v) is 4.13. The molecule has 4 aromatic rings. The van der Waals surface area contributed by atoms with Crippen LogP contribution >= 0.6 is 15.9 Å². The Morgan fingerprint density at radius 3 is 2.83 bits per heavy atom. The molecule has 0 radical (unpaired) electrons. The van der Waals surface area contributed by atoms with Gasteiger partial charge in [-0.1, -0.05) is 30.3 Å². The van der Waals surface area contributed by atoms with Crippen LogP contribution in [0.4, 0.5) is 17.3 Å². The van der Waals surface area contributed by atoms with Crippen molar-refractivity contribution in [3.63, 3.8) is 0 Å². The summed E-state index contributed by atoms with van der Waals surface area (Å²) in [6.07, 6.45) is 3.87. The third kappa shape index (κ3) is 3.46. The van der Waals surface area contributed by atoms with Gasteiger partial charge in [0.1, 0.15) is 5.69 Å². The fraction of sp³-hybridized carbons (Fsp3) is 0.0909. The number of nitrogens with one attached hydrogen (secondary N) is 2. The first-order chi connectivity index (χ1) is 14.6. The molecule has 1 amide bonds. The molecule has 0 spiro atoms. The summed E-state index contributed by atoms with van der Waals surface area (Å²) in [5.74, 6) is 0.397. The molecule has 0 bridgehead atoms. The summed E-state index contributed by atoms with van der Waals surface area (Å²) in [6, 6.07) is 15.6. The topological polar surface area (TPSA) is 84.7 Å². The van der Waals surface area contributed by atoms with Crippen molar-refractivity contribution in [2.24, 2.45) is 7.05 Å². The highest BCUT2D eigenvalue weighted by atomic mass is 79.9. The molecule has 2 N–H and O–H groups in total. The number of amides is 1. The lowest BCUT2D eigenvalue weighted by molar-refractivity contribution is -0.115. The van der Waals surface area contributed by atoms with Crippen LogP contribution < -0.4 is 10.6 Å². The summed E-state index contributed by atoms with van der Waals surface area (Å²) in [5, 5.41) is 10.7. The molecule has 0 atom stereocenters. The highest BCUT2D eigenvalue weighted by Crippen LogP contribution is 2.33. The third-order valence-corrected chi connectivity index (χ3v) is 5.43. The van der Waals surface area contributed by atoms with E-state index in [4.69, 9.17) is 4.98 Å². The van der Waals surface area contributed by atoms with E-state index < -0.39 is 0 Å². The van der Waals surface area contributed by atoms with Gasteiger partial charge in [-0.2, -0.15) is 5.10 Å². The Labute approximate surface area is 181 Å². The molecule has 148 valence electrons. The molecule has 30 heavy (non-hydrogen) atoms. The molecule has 1 aliphatic rings. The van der Waals surface area contributed by atoms with Gasteiger partial charge >= 0.3 is 0 Å². The van der Waals surface area contributed by atoms with E-state index in [0.29, 0.717) is 5.95 Å². The van der Waals surface area contributed by atoms with Gasteiger partial charge in [0.05, 0.1) is 22.3 Å². The number of carbonyl (C=O) groups is 1. The number of fused-ring (bicyclic) bond motifs is 3. The standard InChI is InChI=1S/C22H17BrN6O/c1-29-12-17(23)21(28-29)13-5-4-6-15(9-13)25-22-24-11-14-10-19(30)26-18-8-3-2-7-16(18)20(14)27-22/h2-9,11-12H,10H2,1H3,(H,26,30)(H,24,25,27). The van der Waals surface area contributed by atoms with E-state index in [1.54, 1.807) is 10.9 Å². The zero-order valence-electron chi connectivity index (χ0n) is 16.1. The van der Waals surface area contributed by atoms with Gasteiger partial charge in [-0.15, -0.1) is 0 Å². The summed E-state index contributed by atoms with van der Waals surface area (Å²) in [7, 11) is 1.89. The van der Waals surface area contributed by atoms with Gasteiger partial charge < -0.3 is 10.6 Å². The van der Waals surface area contributed by atoms with Crippen molar-refractivity contribution in [2.45, 2.75) is 6.42 Å². The van der Waals surface area contributed by atoms with Crippen molar-refractivity contribution in [1.29, 1.82) is 0 Å². The van der Waals surface area contributed by atoms with Crippen LogP contribution in [0.3, 0.4) is 0 Å². The maximum atomic E-state index is 12.2. The molecule has 1 aliphatic heterocycles. The molecule has 2 aromatic carbocycles. The Hall–Kier alpha value is -3.52. The van der Waals surface area contributed by atoms with Crippen LogP contribution in [0.25, 0.3) is 22.5 Å². The van der Waals surface area contributed by atoms with Crippen molar-refractivity contribution < 1.29 is 4.79 Å². The molecular weight excluding hydrogens is 444 g/mol. The number of nitrogens with zero attached hydrogens (tertiary/aromatic N) is 4. The maximum Gasteiger partial charge on any atom is 0.228 e. The Morgan fingerprint density at radius 2 is 2.00 bits per heavy atom. The number of hydrogen-bond donors (Lipinski definition) is 2. The molecule has 3 heterocycles. The highest BCUT2D eigenvalue weighted by Gasteiger charge is 2.20. The van der Waals surface area contributed by atoms with E-state index in [2.05, 4.69) is 36.6 Å². The predicted molar refractivity (Wildman–Crippen MR) is 119 cm³/mol. The highest BCUT2D eigenvalue weighted by molar-refractivity contribution is 9.10. The van der Waals surface area contributed by atoms with Crippen LogP contribution in [-0.2, 0) is 18.3 Å². The molecule has 0 fully saturated rings. The minimum absolute atomic E-state index is 0.0702. The fourth-order valence-electron chi connectivity index (χ4n) is 3.52. The Kier molecular flexibility index (Phi) is 4.55. The van der Waals surface area contributed by atoms with Crippen LogP contribution in [-0.4, -0.2) is 25.7 Å². The number of benzene rings is 2. The van der Waals surface area contributed by atoms with Gasteiger partial charge in [0.25, 0.3) is 0 Å². The largest absolute Gasteiger partial charge is 0.325 e. The van der Waals surface area contributed by atoms with Crippen molar-refractivity contribution in [2.75, 3.05) is 10.6 Å². The maximum absolute atomic E-state index is 12.2. The second-order valence-electron chi connectivity index (χ2n) is 7.04. The zero-order valence-corrected chi connectivity index (χ0v) is 17.6. The van der Waals surface area contributed by atoms with Crippen LogP contribution in [0.1, 0.15) is 5.56 Å². The molecule has 7 nitrogen and oxygen atoms in total. The Balaban J connectivity index is 1.51.